The van der Waals surface area contributed by atoms with Crippen molar-refractivity contribution in [2.45, 2.75) is 32.7 Å². The van der Waals surface area contributed by atoms with Gasteiger partial charge in [-0.1, -0.05) is 13.3 Å². The summed E-state index contributed by atoms with van der Waals surface area (Å²) in [7, 11) is 0. The van der Waals surface area contributed by atoms with Gasteiger partial charge in [0.2, 0.25) is 0 Å². The zero-order chi connectivity index (χ0) is 5.70. The molecule has 0 aromatic heterocycles. The first-order chi connectivity index (χ1) is 3.31. The summed E-state index contributed by atoms with van der Waals surface area (Å²) >= 11 is 0. The Bertz CT molecular complexity index is 52.0. The Morgan fingerprint density at radius 1 is 1.71 bits per heavy atom. The molecule has 0 fully saturated rings. The summed E-state index contributed by atoms with van der Waals surface area (Å²) in [5.41, 5.74) is 6.54. The first-order valence-electron chi connectivity index (χ1n) is 2.67. The first-order valence-corrected chi connectivity index (χ1v) is 2.67. The fourth-order valence-corrected chi connectivity index (χ4v) is 0.482. The van der Waals surface area contributed by atoms with E-state index in [1.165, 1.54) is 0 Å². The maximum atomic E-state index is 6.54. The van der Waals surface area contributed by atoms with Crippen LogP contribution in [0.4, 0.5) is 0 Å². The topological polar surface area (TPSA) is 36.2 Å². The Hall–Kier alpha value is -0.400. The number of hydrogen-bond acceptors (Lipinski definition) is 2. The lowest BCUT2D eigenvalue weighted by atomic mass is 10.2. The van der Waals surface area contributed by atoms with Crippen molar-refractivity contribution in [1.29, 1.82) is 5.53 Å². The molecule has 2 heteroatoms. The van der Waals surface area contributed by atoms with Gasteiger partial charge in [-0.3, -0.25) is 0 Å². The summed E-state index contributed by atoms with van der Waals surface area (Å²) in [6.45, 7) is 4.05. The molecule has 1 atom stereocenters. The molecule has 42 valence electrons. The molecule has 0 bridgehead atoms. The van der Waals surface area contributed by atoms with Crippen molar-refractivity contribution in [3.63, 3.8) is 0 Å². The van der Waals surface area contributed by atoms with Gasteiger partial charge in [-0.2, -0.15) is 5.11 Å². The van der Waals surface area contributed by atoms with Crippen LogP contribution in [0.2, 0.25) is 0 Å². The van der Waals surface area contributed by atoms with E-state index in [0.29, 0.717) is 0 Å². The van der Waals surface area contributed by atoms with E-state index in [1.54, 1.807) is 0 Å². The van der Waals surface area contributed by atoms with Gasteiger partial charge >= 0.3 is 0 Å². The van der Waals surface area contributed by atoms with Crippen LogP contribution in [0.1, 0.15) is 26.7 Å². The van der Waals surface area contributed by atoms with Gasteiger partial charge in [0.15, 0.2) is 0 Å². The number of rotatable bonds is 3. The lowest BCUT2D eigenvalue weighted by Gasteiger charge is -1.96. The van der Waals surface area contributed by atoms with Crippen LogP contribution in [0.5, 0.6) is 0 Å². The molecule has 0 heterocycles. The molecule has 1 N–H and O–H groups in total. The molecule has 0 amide bonds. The predicted octanol–water partition coefficient (Wildman–Crippen LogP) is 2.21. The summed E-state index contributed by atoms with van der Waals surface area (Å²) in [5.74, 6) is 0. The summed E-state index contributed by atoms with van der Waals surface area (Å²) in [6, 6.07) is 0.241. The van der Waals surface area contributed by atoms with Crippen molar-refractivity contribution in [2.24, 2.45) is 5.11 Å². The van der Waals surface area contributed by atoms with E-state index in [4.69, 9.17) is 5.53 Å². The smallest absolute Gasteiger partial charge is 0.0677 e. The van der Waals surface area contributed by atoms with Gasteiger partial charge in [-0.25, -0.2) is 5.53 Å². The highest BCUT2D eigenvalue weighted by Crippen LogP contribution is 1.97. The zero-order valence-electron chi connectivity index (χ0n) is 4.94. The Kier molecular flexibility index (Phi) is 3.56. The second kappa shape index (κ2) is 3.78. The molecular formula is C5H12N2. The van der Waals surface area contributed by atoms with Crippen molar-refractivity contribution in [3.8, 4) is 0 Å². The Labute approximate surface area is 44.4 Å². The number of nitrogens with one attached hydrogen (secondary N) is 1. The van der Waals surface area contributed by atoms with Gasteiger partial charge in [0, 0.05) is 0 Å². The monoisotopic (exact) mass is 100 g/mol. The molecule has 7 heavy (non-hydrogen) atoms. The van der Waals surface area contributed by atoms with Crippen molar-refractivity contribution in [3.05, 3.63) is 0 Å². The van der Waals surface area contributed by atoms with E-state index < -0.39 is 0 Å². The Balaban J connectivity index is 2.98. The van der Waals surface area contributed by atoms with Crippen molar-refractivity contribution >= 4 is 0 Å². The molecule has 0 saturated carbocycles. The molecule has 0 aliphatic carbocycles. The number of hydrogen-bond donors (Lipinski definition) is 1. The van der Waals surface area contributed by atoms with Crippen molar-refractivity contribution in [1.82, 2.24) is 0 Å². The average Bonchev–Trinajstić information content (AvgIpc) is 1.68. The van der Waals surface area contributed by atoms with Crippen LogP contribution in [0, 0.1) is 5.53 Å². The predicted molar refractivity (Wildman–Crippen MR) is 29.5 cm³/mol. The number of nitrogens with zero attached hydrogens (tertiary/aromatic N) is 1. The third-order valence-corrected chi connectivity index (χ3v) is 0.927. The van der Waals surface area contributed by atoms with E-state index in [0.717, 1.165) is 12.8 Å². The molecule has 0 rings (SSSR count). The van der Waals surface area contributed by atoms with E-state index >= 15 is 0 Å². The highest BCUT2D eigenvalue weighted by atomic mass is 15.0. The van der Waals surface area contributed by atoms with Crippen LogP contribution in [-0.4, -0.2) is 6.04 Å². The van der Waals surface area contributed by atoms with Gasteiger partial charge in [0.05, 0.1) is 6.04 Å². The lowest BCUT2D eigenvalue weighted by Crippen LogP contribution is -1.92. The van der Waals surface area contributed by atoms with Crippen molar-refractivity contribution < 1.29 is 0 Å². The lowest BCUT2D eigenvalue weighted by molar-refractivity contribution is 0.613. The van der Waals surface area contributed by atoms with Crippen LogP contribution in [0.25, 0.3) is 0 Å². The van der Waals surface area contributed by atoms with Gasteiger partial charge in [0.1, 0.15) is 0 Å². The van der Waals surface area contributed by atoms with Gasteiger partial charge in [0.25, 0.3) is 0 Å². The largest absolute Gasteiger partial charge is 0.210 e. The van der Waals surface area contributed by atoms with Gasteiger partial charge in [-0.05, 0) is 13.3 Å². The fourth-order valence-electron chi connectivity index (χ4n) is 0.482. The molecule has 0 aromatic carbocycles. The van der Waals surface area contributed by atoms with Gasteiger partial charge < -0.3 is 0 Å². The summed E-state index contributed by atoms with van der Waals surface area (Å²) < 4.78 is 0. The maximum absolute atomic E-state index is 6.54. The van der Waals surface area contributed by atoms with Crippen molar-refractivity contribution in [2.75, 3.05) is 0 Å². The van der Waals surface area contributed by atoms with Crippen LogP contribution in [0.3, 0.4) is 0 Å². The normalized spacial score (nSPS) is 13.4. The van der Waals surface area contributed by atoms with E-state index in [2.05, 4.69) is 12.0 Å². The molecule has 0 aliphatic heterocycles. The minimum atomic E-state index is 0.241. The standard InChI is InChI=1S/C5H12N2/c1-3-4-5(2)7-6/h5-6H,3-4H2,1-2H3/t5-/m0/s1. The molecular weight excluding hydrogens is 88.1 g/mol. The van der Waals surface area contributed by atoms with E-state index in [9.17, 15) is 0 Å². The van der Waals surface area contributed by atoms with Crippen LogP contribution < -0.4 is 0 Å². The highest BCUT2D eigenvalue weighted by Gasteiger charge is 1.91. The van der Waals surface area contributed by atoms with Crippen LogP contribution in [-0.2, 0) is 0 Å². The summed E-state index contributed by atoms with van der Waals surface area (Å²) in [6.07, 6.45) is 2.17. The quantitative estimate of drug-likeness (QED) is 0.528. The molecule has 2 nitrogen and oxygen atoms in total. The highest BCUT2D eigenvalue weighted by molar-refractivity contribution is 4.51. The third-order valence-electron chi connectivity index (χ3n) is 0.927. The Morgan fingerprint density at radius 2 is 2.29 bits per heavy atom. The molecule has 0 saturated heterocycles. The molecule has 0 unspecified atom stereocenters. The molecule has 0 aromatic rings. The average molecular weight is 100 g/mol. The van der Waals surface area contributed by atoms with Crippen LogP contribution in [0.15, 0.2) is 5.11 Å². The maximum Gasteiger partial charge on any atom is 0.0677 e. The van der Waals surface area contributed by atoms with E-state index in [-0.39, 0.29) is 6.04 Å². The summed E-state index contributed by atoms with van der Waals surface area (Å²) in [5, 5.41) is 3.33. The third kappa shape index (κ3) is 3.43. The van der Waals surface area contributed by atoms with Crippen LogP contribution >= 0.6 is 0 Å². The molecule has 0 aliphatic rings. The first kappa shape index (κ1) is 6.60. The molecule has 0 spiro atoms. The zero-order valence-corrected chi connectivity index (χ0v) is 4.94. The second-order valence-corrected chi connectivity index (χ2v) is 1.77. The molecule has 0 radical (unpaired) electrons. The minimum absolute atomic E-state index is 0.241. The minimum Gasteiger partial charge on any atom is -0.210 e. The Morgan fingerprint density at radius 3 is 2.43 bits per heavy atom. The van der Waals surface area contributed by atoms with Gasteiger partial charge in [-0.15, -0.1) is 0 Å². The second-order valence-electron chi connectivity index (χ2n) is 1.77. The van der Waals surface area contributed by atoms with E-state index in [1.807, 2.05) is 6.92 Å². The SMILES string of the molecule is CCC[C@H](C)N=N. The summed E-state index contributed by atoms with van der Waals surface area (Å²) in [4.78, 5) is 0. The fraction of sp³-hybridized carbons (Fsp3) is 1.00.